The minimum atomic E-state index is -3.78. The number of hydrogen-bond acceptors (Lipinski definition) is 3. The van der Waals surface area contributed by atoms with Gasteiger partial charge in [-0.2, -0.15) is 4.31 Å². The van der Waals surface area contributed by atoms with Gasteiger partial charge < -0.3 is 5.32 Å². The quantitative estimate of drug-likeness (QED) is 0.857. The first-order valence-corrected chi connectivity index (χ1v) is 10.0. The molecule has 0 aromatic heterocycles. The number of amides is 1. The molecule has 0 saturated carbocycles. The Morgan fingerprint density at radius 3 is 2.58 bits per heavy atom. The van der Waals surface area contributed by atoms with Crippen LogP contribution in [0.3, 0.4) is 0 Å². The lowest BCUT2D eigenvalue weighted by molar-refractivity contribution is -0.120. The van der Waals surface area contributed by atoms with Crippen LogP contribution in [0.1, 0.15) is 19.3 Å². The van der Waals surface area contributed by atoms with Crippen molar-refractivity contribution in [3.05, 3.63) is 59.4 Å². The molecule has 0 spiro atoms. The molecule has 3 rings (SSSR count). The molecule has 0 bridgehead atoms. The molecule has 0 unspecified atom stereocenters. The van der Waals surface area contributed by atoms with Gasteiger partial charge in [0.15, 0.2) is 0 Å². The highest BCUT2D eigenvalue weighted by atomic mass is 35.5. The number of carbonyl (C=O) groups is 1. The van der Waals surface area contributed by atoms with E-state index in [9.17, 15) is 17.6 Å². The second-order valence-electron chi connectivity index (χ2n) is 6.06. The van der Waals surface area contributed by atoms with Crippen LogP contribution < -0.4 is 5.32 Å². The molecule has 1 heterocycles. The standard InChI is InChI=1S/C18H18ClFN2O3S/c19-15-12-13(9-10-16(15)20)21-18(23)17-8-4-5-11-22(17)26(24,25)14-6-2-1-3-7-14/h1-3,6-7,9-10,12,17H,4-5,8,11H2,(H,21,23)/t17-/m1/s1. The van der Waals surface area contributed by atoms with Crippen molar-refractivity contribution in [3.8, 4) is 0 Å². The highest BCUT2D eigenvalue weighted by Gasteiger charge is 2.37. The molecule has 2 aromatic rings. The maximum atomic E-state index is 13.3. The third kappa shape index (κ3) is 3.90. The van der Waals surface area contributed by atoms with Crippen LogP contribution in [0.5, 0.6) is 0 Å². The zero-order chi connectivity index (χ0) is 18.7. The molecule has 1 N–H and O–H groups in total. The molecule has 5 nitrogen and oxygen atoms in total. The van der Waals surface area contributed by atoms with E-state index >= 15 is 0 Å². The summed E-state index contributed by atoms with van der Waals surface area (Å²) in [5.74, 6) is -1.04. The highest BCUT2D eigenvalue weighted by Crippen LogP contribution is 2.27. The largest absolute Gasteiger partial charge is 0.325 e. The zero-order valence-corrected chi connectivity index (χ0v) is 15.4. The number of nitrogens with one attached hydrogen (secondary N) is 1. The van der Waals surface area contributed by atoms with Crippen molar-refractivity contribution in [2.24, 2.45) is 0 Å². The minimum Gasteiger partial charge on any atom is -0.325 e. The third-order valence-electron chi connectivity index (χ3n) is 4.29. The Hall–Kier alpha value is -1.96. The number of hydrogen-bond donors (Lipinski definition) is 1. The van der Waals surface area contributed by atoms with Gasteiger partial charge in [-0.15, -0.1) is 0 Å². The van der Waals surface area contributed by atoms with Gasteiger partial charge in [-0.25, -0.2) is 12.8 Å². The van der Waals surface area contributed by atoms with E-state index in [4.69, 9.17) is 11.6 Å². The molecule has 2 aromatic carbocycles. The van der Waals surface area contributed by atoms with Crippen LogP contribution in [0.15, 0.2) is 53.4 Å². The van der Waals surface area contributed by atoms with Gasteiger partial charge in [0, 0.05) is 12.2 Å². The minimum absolute atomic E-state index is 0.111. The van der Waals surface area contributed by atoms with Crippen molar-refractivity contribution in [1.82, 2.24) is 4.31 Å². The number of rotatable bonds is 4. The number of nitrogens with zero attached hydrogens (tertiary/aromatic N) is 1. The second kappa shape index (κ2) is 7.73. The van der Waals surface area contributed by atoms with Crippen molar-refractivity contribution in [2.75, 3.05) is 11.9 Å². The van der Waals surface area contributed by atoms with Crippen LogP contribution in [-0.4, -0.2) is 31.2 Å². The Morgan fingerprint density at radius 1 is 1.15 bits per heavy atom. The molecular weight excluding hydrogens is 379 g/mol. The van der Waals surface area contributed by atoms with Crippen LogP contribution in [0, 0.1) is 5.82 Å². The van der Waals surface area contributed by atoms with Crippen LogP contribution in [0.4, 0.5) is 10.1 Å². The Bertz CT molecular complexity index is 906. The topological polar surface area (TPSA) is 66.5 Å². The highest BCUT2D eigenvalue weighted by molar-refractivity contribution is 7.89. The summed E-state index contributed by atoms with van der Waals surface area (Å²) in [7, 11) is -3.78. The van der Waals surface area contributed by atoms with Crippen molar-refractivity contribution < 1.29 is 17.6 Å². The average Bonchev–Trinajstić information content (AvgIpc) is 2.65. The van der Waals surface area contributed by atoms with E-state index < -0.39 is 27.8 Å². The predicted octanol–water partition coefficient (Wildman–Crippen LogP) is 3.66. The molecule has 8 heteroatoms. The summed E-state index contributed by atoms with van der Waals surface area (Å²) in [6.45, 7) is 0.277. The fraction of sp³-hybridized carbons (Fsp3) is 0.278. The molecule has 26 heavy (non-hydrogen) atoms. The summed E-state index contributed by atoms with van der Waals surface area (Å²) < 4.78 is 40.4. The maximum absolute atomic E-state index is 13.3. The second-order valence-corrected chi connectivity index (χ2v) is 8.36. The first-order chi connectivity index (χ1) is 12.4. The van der Waals surface area contributed by atoms with Gasteiger partial charge in [-0.3, -0.25) is 4.79 Å². The molecule has 1 aliphatic heterocycles. The Morgan fingerprint density at radius 2 is 1.88 bits per heavy atom. The van der Waals surface area contributed by atoms with Gasteiger partial charge in [-0.05, 0) is 43.2 Å². The van der Waals surface area contributed by atoms with Crippen LogP contribution >= 0.6 is 11.6 Å². The van der Waals surface area contributed by atoms with E-state index in [0.717, 1.165) is 12.5 Å². The molecule has 1 aliphatic rings. The summed E-state index contributed by atoms with van der Waals surface area (Å²) in [5.41, 5.74) is 0.323. The van der Waals surface area contributed by atoms with E-state index in [1.54, 1.807) is 18.2 Å². The molecule has 0 radical (unpaired) electrons. The predicted molar refractivity (Wildman–Crippen MR) is 98.0 cm³/mol. The molecule has 0 aliphatic carbocycles. The van der Waals surface area contributed by atoms with Crippen LogP contribution in [0.25, 0.3) is 0 Å². The van der Waals surface area contributed by atoms with Gasteiger partial charge in [0.2, 0.25) is 15.9 Å². The molecule has 1 fully saturated rings. The normalized spacial score (nSPS) is 18.5. The van der Waals surface area contributed by atoms with Gasteiger partial charge >= 0.3 is 0 Å². The van der Waals surface area contributed by atoms with Crippen molar-refractivity contribution >= 4 is 33.2 Å². The number of piperidine rings is 1. The fourth-order valence-electron chi connectivity index (χ4n) is 2.98. The third-order valence-corrected chi connectivity index (χ3v) is 6.51. The first kappa shape index (κ1) is 18.8. The molecule has 138 valence electrons. The number of benzene rings is 2. The average molecular weight is 397 g/mol. The van der Waals surface area contributed by atoms with Gasteiger partial charge in [0.05, 0.1) is 9.92 Å². The Balaban J connectivity index is 1.84. The Labute approximate surface area is 156 Å². The summed E-state index contributed by atoms with van der Waals surface area (Å²) >= 11 is 5.73. The number of sulfonamides is 1. The van der Waals surface area contributed by atoms with Crippen molar-refractivity contribution in [3.63, 3.8) is 0 Å². The SMILES string of the molecule is O=C(Nc1ccc(F)c(Cl)c1)[C@H]1CCCCN1S(=O)(=O)c1ccccc1. The van der Waals surface area contributed by atoms with Crippen molar-refractivity contribution in [1.29, 1.82) is 0 Å². The van der Waals surface area contributed by atoms with Gasteiger partial charge in [-0.1, -0.05) is 36.2 Å². The number of anilines is 1. The van der Waals surface area contributed by atoms with E-state index in [2.05, 4.69) is 5.32 Å². The van der Waals surface area contributed by atoms with Crippen molar-refractivity contribution in [2.45, 2.75) is 30.2 Å². The van der Waals surface area contributed by atoms with E-state index in [-0.39, 0.29) is 16.5 Å². The van der Waals surface area contributed by atoms with Crippen LogP contribution in [-0.2, 0) is 14.8 Å². The maximum Gasteiger partial charge on any atom is 0.243 e. The molecule has 1 saturated heterocycles. The lowest BCUT2D eigenvalue weighted by Crippen LogP contribution is -2.49. The first-order valence-electron chi connectivity index (χ1n) is 8.22. The Kier molecular flexibility index (Phi) is 5.60. The van der Waals surface area contributed by atoms with E-state index in [1.807, 2.05) is 0 Å². The summed E-state index contributed by atoms with van der Waals surface area (Å²) in [6.07, 6.45) is 1.87. The fourth-order valence-corrected chi connectivity index (χ4v) is 4.84. The monoisotopic (exact) mass is 396 g/mol. The lowest BCUT2D eigenvalue weighted by Gasteiger charge is -2.33. The molecule has 1 amide bonds. The summed E-state index contributed by atoms with van der Waals surface area (Å²) in [5, 5.41) is 2.53. The molecule has 1 atom stereocenters. The molecular formula is C18H18ClFN2O3S. The van der Waals surface area contributed by atoms with Gasteiger partial charge in [0.1, 0.15) is 11.9 Å². The van der Waals surface area contributed by atoms with Crippen LogP contribution in [0.2, 0.25) is 5.02 Å². The summed E-state index contributed by atoms with van der Waals surface area (Å²) in [4.78, 5) is 12.9. The van der Waals surface area contributed by atoms with E-state index in [0.29, 0.717) is 18.5 Å². The van der Waals surface area contributed by atoms with Gasteiger partial charge in [0.25, 0.3) is 0 Å². The zero-order valence-electron chi connectivity index (χ0n) is 13.9. The van der Waals surface area contributed by atoms with E-state index in [1.165, 1.54) is 28.6 Å². The number of halogens is 2. The lowest BCUT2D eigenvalue weighted by atomic mass is 10.0. The smallest absolute Gasteiger partial charge is 0.243 e. The summed E-state index contributed by atoms with van der Waals surface area (Å²) in [6, 6.07) is 11.1. The number of carbonyl (C=O) groups excluding carboxylic acids is 1.